The number of Topliss-reactive ketones (excluding diaryl/α,β-unsaturated/α-hetero) is 1. The van der Waals surface area contributed by atoms with Crippen LogP contribution in [0.5, 0.6) is 0 Å². The van der Waals surface area contributed by atoms with E-state index in [9.17, 15) is 4.79 Å². The number of hydrogen-bond acceptors (Lipinski definition) is 4. The van der Waals surface area contributed by atoms with Crippen LogP contribution in [0.3, 0.4) is 0 Å². The summed E-state index contributed by atoms with van der Waals surface area (Å²) in [5, 5.41) is 3.48. The van der Waals surface area contributed by atoms with E-state index in [1.165, 1.54) is 6.42 Å². The van der Waals surface area contributed by atoms with E-state index in [-0.39, 0.29) is 27.8 Å². The Balaban J connectivity index is 1.47. The van der Waals surface area contributed by atoms with Crippen LogP contribution in [0.2, 0.25) is 0 Å². The zero-order chi connectivity index (χ0) is 26.3. The highest BCUT2D eigenvalue weighted by Crippen LogP contribution is 2.83. The predicted octanol–water partition coefficient (Wildman–Crippen LogP) is 6.56. The molecule has 2 spiro atoms. The third-order valence-corrected chi connectivity index (χ3v) is 12.7. The number of ether oxygens (including phenoxy) is 1. The third kappa shape index (κ3) is 3.38. The van der Waals surface area contributed by atoms with E-state index in [0.29, 0.717) is 41.3 Å². The van der Waals surface area contributed by atoms with Crippen molar-refractivity contribution < 1.29 is 9.53 Å². The summed E-state index contributed by atoms with van der Waals surface area (Å²) >= 11 is 0. The SMILES string of the molecule is C=C[C@]1(C)C[C@@H](OC(=C)NC(=C)C2CCCN(C)C2)C2(C)C(C)CC34CC(CCC3=O)(C42)[C@@H](C)C1C. The molecule has 1 heterocycles. The van der Waals surface area contributed by atoms with Gasteiger partial charge in [-0.1, -0.05) is 47.3 Å². The molecule has 4 aliphatic carbocycles. The maximum atomic E-state index is 13.5. The molecule has 0 aromatic heterocycles. The van der Waals surface area contributed by atoms with E-state index in [0.717, 1.165) is 57.3 Å². The van der Waals surface area contributed by atoms with Crippen LogP contribution in [0.25, 0.3) is 0 Å². The fourth-order valence-electron chi connectivity index (χ4n) is 10.3. The van der Waals surface area contributed by atoms with Crippen molar-refractivity contribution in [3.63, 3.8) is 0 Å². The van der Waals surface area contributed by atoms with Gasteiger partial charge in [0, 0.05) is 35.4 Å². The summed E-state index contributed by atoms with van der Waals surface area (Å²) in [6.45, 7) is 27.3. The van der Waals surface area contributed by atoms with Crippen LogP contribution >= 0.6 is 0 Å². The molecule has 2 bridgehead atoms. The fraction of sp³-hybridized carbons (Fsp3) is 0.781. The molecule has 36 heavy (non-hydrogen) atoms. The van der Waals surface area contributed by atoms with Crippen LogP contribution in [-0.4, -0.2) is 36.9 Å². The van der Waals surface area contributed by atoms with E-state index in [4.69, 9.17) is 4.74 Å². The second-order valence-electron chi connectivity index (χ2n) is 14.2. The Morgan fingerprint density at radius 1 is 1.17 bits per heavy atom. The Labute approximate surface area is 220 Å². The van der Waals surface area contributed by atoms with Crippen LogP contribution in [-0.2, 0) is 9.53 Å². The number of ketones is 1. The van der Waals surface area contributed by atoms with Gasteiger partial charge in [0.1, 0.15) is 11.9 Å². The molecule has 4 heteroatoms. The molecule has 7 unspecified atom stereocenters. The van der Waals surface area contributed by atoms with Crippen LogP contribution in [0.4, 0.5) is 0 Å². The smallest absolute Gasteiger partial charge is 0.183 e. The van der Waals surface area contributed by atoms with Crippen molar-refractivity contribution >= 4 is 5.78 Å². The summed E-state index contributed by atoms with van der Waals surface area (Å²) < 4.78 is 6.91. The number of piperidine rings is 1. The van der Waals surface area contributed by atoms with Crippen LogP contribution < -0.4 is 5.32 Å². The summed E-state index contributed by atoms with van der Waals surface area (Å²) in [6, 6.07) is 0. The largest absolute Gasteiger partial charge is 0.476 e. The van der Waals surface area contributed by atoms with Crippen molar-refractivity contribution in [2.45, 2.75) is 85.7 Å². The number of carbonyl (C=O) groups is 1. The standard InChI is InChI=1S/C32H50N2O2/c1-10-29(7)17-27(36-24(6)33-23(5)25-12-11-15-34(9)18-25)30(8)20(2)16-32-19-31(28(30)32,14-13-26(32)35)22(4)21(29)3/h10,20-22,25,27-28,33H,1,5-6,11-19H2,2-4,7-9H3/t20?,21?,22-,25?,27+,28?,29+,30?,31?,32?/m0/s1. The summed E-state index contributed by atoms with van der Waals surface area (Å²) in [5.74, 6) is 3.41. The van der Waals surface area contributed by atoms with Crippen molar-refractivity contribution in [2.75, 3.05) is 20.1 Å². The van der Waals surface area contributed by atoms with Gasteiger partial charge in [0.15, 0.2) is 5.88 Å². The average Bonchev–Trinajstić information content (AvgIpc) is 3.01. The molecule has 1 saturated heterocycles. The Morgan fingerprint density at radius 3 is 2.56 bits per heavy atom. The molecule has 0 radical (unpaired) electrons. The van der Waals surface area contributed by atoms with Crippen molar-refractivity contribution in [1.82, 2.24) is 10.2 Å². The van der Waals surface area contributed by atoms with Crippen LogP contribution in [0, 0.1) is 51.2 Å². The Bertz CT molecular complexity index is 973. The van der Waals surface area contributed by atoms with E-state index in [1.54, 1.807) is 0 Å². The molecule has 1 N–H and O–H groups in total. The van der Waals surface area contributed by atoms with Gasteiger partial charge in [0.2, 0.25) is 0 Å². The maximum absolute atomic E-state index is 13.5. The fourth-order valence-corrected chi connectivity index (χ4v) is 10.3. The normalized spacial score (nSPS) is 50.2. The number of likely N-dealkylation sites (tertiary alicyclic amines) is 1. The number of rotatable bonds is 6. The minimum absolute atomic E-state index is 0.0234. The molecule has 200 valence electrons. The second kappa shape index (κ2) is 8.48. The van der Waals surface area contributed by atoms with Gasteiger partial charge in [-0.3, -0.25) is 4.79 Å². The number of hydrogen-bond donors (Lipinski definition) is 1. The quantitative estimate of drug-likeness (QED) is 0.335. The minimum Gasteiger partial charge on any atom is -0.476 e. The molecule has 0 aromatic carbocycles. The van der Waals surface area contributed by atoms with Gasteiger partial charge in [-0.05, 0) is 93.2 Å². The zero-order valence-corrected chi connectivity index (χ0v) is 23.8. The van der Waals surface area contributed by atoms with Crippen molar-refractivity contribution in [3.05, 3.63) is 37.4 Å². The average molecular weight is 495 g/mol. The Hall–Kier alpha value is -1.55. The lowest BCUT2D eigenvalue weighted by molar-refractivity contribution is -0.247. The van der Waals surface area contributed by atoms with E-state index in [2.05, 4.69) is 77.7 Å². The first-order chi connectivity index (χ1) is 16.8. The molecular weight excluding hydrogens is 444 g/mol. The highest BCUT2D eigenvalue weighted by Gasteiger charge is 2.81. The first-order valence-electron chi connectivity index (χ1n) is 14.5. The van der Waals surface area contributed by atoms with Crippen LogP contribution in [0.1, 0.15) is 79.6 Å². The van der Waals surface area contributed by atoms with Crippen molar-refractivity contribution in [3.8, 4) is 0 Å². The molecular formula is C32H50N2O2. The van der Waals surface area contributed by atoms with E-state index >= 15 is 0 Å². The number of allylic oxidation sites excluding steroid dienone is 1. The molecule has 5 rings (SSSR count). The van der Waals surface area contributed by atoms with Gasteiger partial charge < -0.3 is 15.0 Å². The highest BCUT2D eigenvalue weighted by molar-refractivity contribution is 5.89. The van der Waals surface area contributed by atoms with E-state index < -0.39 is 0 Å². The van der Waals surface area contributed by atoms with Gasteiger partial charge in [-0.2, -0.15) is 0 Å². The lowest BCUT2D eigenvalue weighted by atomic mass is 9.31. The van der Waals surface area contributed by atoms with Crippen LogP contribution in [0.15, 0.2) is 37.4 Å². The molecule has 10 atom stereocenters. The number of nitrogens with zero attached hydrogens (tertiary/aromatic N) is 1. The third-order valence-electron chi connectivity index (χ3n) is 12.7. The summed E-state index contributed by atoms with van der Waals surface area (Å²) in [5.41, 5.74) is 0.987. The van der Waals surface area contributed by atoms with Gasteiger partial charge in [0.05, 0.1) is 0 Å². The topological polar surface area (TPSA) is 41.6 Å². The highest BCUT2D eigenvalue weighted by atomic mass is 16.5. The number of carbonyl (C=O) groups excluding carboxylic acids is 1. The molecule has 0 amide bonds. The van der Waals surface area contributed by atoms with Gasteiger partial charge in [-0.15, -0.1) is 6.58 Å². The maximum Gasteiger partial charge on any atom is 0.183 e. The van der Waals surface area contributed by atoms with Crippen molar-refractivity contribution in [1.29, 1.82) is 0 Å². The Kier molecular flexibility index (Phi) is 6.14. The van der Waals surface area contributed by atoms with Crippen molar-refractivity contribution in [2.24, 2.45) is 51.2 Å². The first-order valence-corrected chi connectivity index (χ1v) is 14.5. The predicted molar refractivity (Wildman–Crippen MR) is 147 cm³/mol. The molecule has 4 saturated carbocycles. The second-order valence-corrected chi connectivity index (χ2v) is 14.2. The molecule has 1 aliphatic heterocycles. The Morgan fingerprint density at radius 2 is 1.89 bits per heavy atom. The number of nitrogens with one attached hydrogen (secondary N) is 1. The van der Waals surface area contributed by atoms with Gasteiger partial charge in [0.25, 0.3) is 0 Å². The summed E-state index contributed by atoms with van der Waals surface area (Å²) in [6.07, 6.45) is 9.32. The van der Waals surface area contributed by atoms with E-state index in [1.807, 2.05) is 0 Å². The monoisotopic (exact) mass is 494 g/mol. The molecule has 5 aliphatic rings. The van der Waals surface area contributed by atoms with Gasteiger partial charge in [-0.25, -0.2) is 0 Å². The summed E-state index contributed by atoms with van der Waals surface area (Å²) in [4.78, 5) is 15.9. The molecule has 5 fully saturated rings. The molecule has 0 aromatic rings. The summed E-state index contributed by atoms with van der Waals surface area (Å²) in [7, 11) is 2.18. The lowest BCUT2D eigenvalue weighted by Gasteiger charge is -2.72. The lowest BCUT2D eigenvalue weighted by Crippen LogP contribution is -2.70. The van der Waals surface area contributed by atoms with Gasteiger partial charge >= 0.3 is 0 Å². The molecule has 4 nitrogen and oxygen atoms in total. The first kappa shape index (κ1) is 26.1. The minimum atomic E-state index is -0.130. The zero-order valence-electron chi connectivity index (χ0n) is 23.8.